The number of hydrogen-bond acceptors (Lipinski definition) is 2. The lowest BCUT2D eigenvalue weighted by Crippen LogP contribution is -2.17. The molecule has 3 aliphatic carbocycles. The Morgan fingerprint density at radius 1 is 0.323 bits per heavy atom. The Labute approximate surface area is 362 Å². The van der Waals surface area contributed by atoms with Gasteiger partial charge in [0.25, 0.3) is 0 Å². The van der Waals surface area contributed by atoms with E-state index in [4.69, 9.17) is 9.40 Å². The highest BCUT2D eigenvalue weighted by atomic mass is 16.3. The van der Waals surface area contributed by atoms with Gasteiger partial charge < -0.3 is 4.42 Å². The summed E-state index contributed by atoms with van der Waals surface area (Å²) in [6.07, 6.45) is 0. The Hall–Kier alpha value is -7.03. The van der Waals surface area contributed by atoms with Crippen molar-refractivity contribution in [2.45, 2.75) is 57.8 Å². The Morgan fingerprint density at radius 3 is 1.21 bits per heavy atom. The molecule has 10 aromatic rings. The van der Waals surface area contributed by atoms with Gasteiger partial charge in [-0.3, -0.25) is 0 Å². The maximum absolute atomic E-state index is 6.57. The number of rotatable bonds is 3. The Morgan fingerprint density at radius 2 is 0.694 bits per heavy atom. The van der Waals surface area contributed by atoms with E-state index in [0.717, 1.165) is 27.4 Å². The maximum atomic E-state index is 6.57. The van der Waals surface area contributed by atoms with Crippen LogP contribution in [0.2, 0.25) is 0 Å². The van der Waals surface area contributed by atoms with Crippen LogP contribution in [0, 0.1) is 0 Å². The van der Waals surface area contributed by atoms with E-state index < -0.39 is 0 Å². The number of benzene rings is 9. The largest absolute Gasteiger partial charge is 0.435 e. The summed E-state index contributed by atoms with van der Waals surface area (Å²) < 4.78 is 6.57. The Kier molecular flexibility index (Phi) is 6.95. The van der Waals surface area contributed by atoms with Crippen molar-refractivity contribution in [3.05, 3.63) is 197 Å². The number of fused-ring (bicyclic) bond motifs is 15. The van der Waals surface area contributed by atoms with Gasteiger partial charge in [-0.05, 0) is 148 Å². The minimum absolute atomic E-state index is 0.107. The van der Waals surface area contributed by atoms with E-state index in [9.17, 15) is 0 Å². The molecule has 0 radical (unpaired) electrons. The second kappa shape index (κ2) is 12.1. The SMILES string of the molecule is CC1(C)c2cc(-c3ccccc3)ccc2-c2cc3c(cc21)-c1cc2c(cc1C3(C)C)-c1ccc(-c3ccc(-c4nc5c6ccccc6c6ccccc6c5o4)cc3)cc1C2(C)C. The van der Waals surface area contributed by atoms with Gasteiger partial charge in [-0.25, -0.2) is 4.98 Å². The van der Waals surface area contributed by atoms with Crippen molar-refractivity contribution in [1.82, 2.24) is 4.98 Å². The van der Waals surface area contributed by atoms with Gasteiger partial charge in [-0.2, -0.15) is 0 Å². The molecule has 62 heavy (non-hydrogen) atoms. The molecule has 2 nitrogen and oxygen atoms in total. The minimum Gasteiger partial charge on any atom is -0.435 e. The van der Waals surface area contributed by atoms with E-state index in [1.54, 1.807) is 0 Å². The van der Waals surface area contributed by atoms with Crippen LogP contribution < -0.4 is 0 Å². The predicted octanol–water partition coefficient (Wildman–Crippen LogP) is 16.1. The molecule has 0 bridgehead atoms. The van der Waals surface area contributed by atoms with E-state index in [1.807, 2.05) is 0 Å². The molecule has 0 unspecified atom stereocenters. The molecule has 3 aliphatic rings. The molecule has 296 valence electrons. The monoisotopic (exact) mass is 795 g/mol. The van der Waals surface area contributed by atoms with Crippen molar-refractivity contribution in [1.29, 1.82) is 0 Å². The fourth-order valence-electron chi connectivity index (χ4n) is 11.6. The summed E-state index contributed by atoms with van der Waals surface area (Å²) in [6.45, 7) is 14.5. The quantitative estimate of drug-likeness (QED) is 0.167. The van der Waals surface area contributed by atoms with E-state index in [2.05, 4.69) is 205 Å². The van der Waals surface area contributed by atoms with Gasteiger partial charge in [0.2, 0.25) is 5.89 Å². The molecule has 1 aromatic heterocycles. The van der Waals surface area contributed by atoms with Crippen LogP contribution in [0.4, 0.5) is 0 Å². The number of nitrogens with zero attached hydrogens (tertiary/aromatic N) is 1. The summed E-state index contributed by atoms with van der Waals surface area (Å²) in [5, 5.41) is 4.59. The van der Waals surface area contributed by atoms with Gasteiger partial charge in [0.1, 0.15) is 5.52 Å². The van der Waals surface area contributed by atoms with Crippen LogP contribution in [-0.2, 0) is 16.2 Å². The van der Waals surface area contributed by atoms with Crippen LogP contribution in [0.3, 0.4) is 0 Å². The maximum Gasteiger partial charge on any atom is 0.227 e. The molecule has 0 saturated carbocycles. The first-order valence-electron chi connectivity index (χ1n) is 22.0. The summed E-state index contributed by atoms with van der Waals surface area (Å²) >= 11 is 0. The van der Waals surface area contributed by atoms with Crippen molar-refractivity contribution in [2.75, 3.05) is 0 Å². The molecule has 9 aromatic carbocycles. The predicted molar refractivity (Wildman–Crippen MR) is 258 cm³/mol. The summed E-state index contributed by atoms with van der Waals surface area (Å²) in [7, 11) is 0. The average molecular weight is 796 g/mol. The average Bonchev–Trinajstić information content (AvgIpc) is 3.98. The number of hydrogen-bond donors (Lipinski definition) is 0. The van der Waals surface area contributed by atoms with Crippen molar-refractivity contribution >= 4 is 32.6 Å². The Balaban J connectivity index is 0.857. The highest BCUT2D eigenvalue weighted by Gasteiger charge is 2.44. The minimum atomic E-state index is -0.160. The summed E-state index contributed by atoms with van der Waals surface area (Å²) in [5.74, 6) is 0.645. The lowest BCUT2D eigenvalue weighted by molar-refractivity contribution is 0.623. The molecule has 13 rings (SSSR count). The van der Waals surface area contributed by atoms with Crippen molar-refractivity contribution < 1.29 is 4.42 Å². The molecule has 0 spiro atoms. The van der Waals surface area contributed by atoms with Crippen molar-refractivity contribution in [3.8, 4) is 67.1 Å². The van der Waals surface area contributed by atoms with Crippen LogP contribution in [0.5, 0.6) is 0 Å². The second-order valence-corrected chi connectivity index (χ2v) is 19.5. The lowest BCUT2D eigenvalue weighted by atomic mass is 9.78. The topological polar surface area (TPSA) is 26.0 Å². The molecule has 0 atom stereocenters. The number of oxazole rings is 1. The van der Waals surface area contributed by atoms with Crippen molar-refractivity contribution in [2.24, 2.45) is 0 Å². The third-order valence-electron chi connectivity index (χ3n) is 15.1. The fraction of sp³-hybridized carbons (Fsp3) is 0.150. The van der Waals surface area contributed by atoms with Crippen LogP contribution in [0.1, 0.15) is 74.9 Å². The van der Waals surface area contributed by atoms with Crippen molar-refractivity contribution in [3.63, 3.8) is 0 Å². The van der Waals surface area contributed by atoms with E-state index >= 15 is 0 Å². The van der Waals surface area contributed by atoms with Crippen LogP contribution in [0.15, 0.2) is 168 Å². The van der Waals surface area contributed by atoms with Gasteiger partial charge in [-0.15, -0.1) is 0 Å². The van der Waals surface area contributed by atoms with Gasteiger partial charge in [0, 0.05) is 32.6 Å². The van der Waals surface area contributed by atoms with Crippen LogP contribution in [-0.4, -0.2) is 4.98 Å². The third kappa shape index (κ3) is 4.67. The molecule has 0 N–H and O–H groups in total. The molecular formula is C60H45NO. The smallest absolute Gasteiger partial charge is 0.227 e. The first-order valence-corrected chi connectivity index (χ1v) is 22.0. The first kappa shape index (κ1) is 35.7. The van der Waals surface area contributed by atoms with Gasteiger partial charge in [0.15, 0.2) is 5.58 Å². The highest BCUT2D eigenvalue weighted by Crippen LogP contribution is 2.59. The van der Waals surface area contributed by atoms with E-state index in [1.165, 1.54) is 99.8 Å². The van der Waals surface area contributed by atoms with E-state index in [0.29, 0.717) is 5.89 Å². The molecule has 0 saturated heterocycles. The molecule has 0 aliphatic heterocycles. The molecule has 0 amide bonds. The van der Waals surface area contributed by atoms with Crippen LogP contribution >= 0.6 is 0 Å². The molecule has 2 heteroatoms. The van der Waals surface area contributed by atoms with Gasteiger partial charge >= 0.3 is 0 Å². The summed E-state index contributed by atoms with van der Waals surface area (Å²) in [6, 6.07) is 60.9. The van der Waals surface area contributed by atoms with Gasteiger partial charge in [-0.1, -0.05) is 157 Å². The fourth-order valence-corrected chi connectivity index (χ4v) is 11.6. The highest BCUT2D eigenvalue weighted by molar-refractivity contribution is 6.22. The lowest BCUT2D eigenvalue weighted by Gasteiger charge is -2.25. The second-order valence-electron chi connectivity index (χ2n) is 19.5. The third-order valence-corrected chi connectivity index (χ3v) is 15.1. The first-order chi connectivity index (χ1) is 30.0. The zero-order valence-electron chi connectivity index (χ0n) is 35.9. The number of aromatic nitrogens is 1. The molecule has 0 fully saturated rings. The zero-order valence-corrected chi connectivity index (χ0v) is 35.9. The summed E-state index contributed by atoms with van der Waals surface area (Å²) in [5.41, 5.74) is 24.0. The summed E-state index contributed by atoms with van der Waals surface area (Å²) in [4.78, 5) is 5.08. The molecule has 1 heterocycles. The molecular weight excluding hydrogens is 751 g/mol. The standard InChI is InChI=1S/C60H45NO/c1-58(2)49-28-37(34-14-8-7-9-15-34)24-26-41(49)45-30-53-47(32-51(45)58)48-33-52-46(31-54(48)60(53,5)6)42-27-25-38(29-50(42)59(52,3)4)35-20-22-36(23-21-35)57-61-55-43-18-12-10-16-39(43)40-17-11-13-19-44(40)56(55)62-57/h7-33H,1-6H3. The Bertz CT molecular complexity index is 3510. The van der Waals surface area contributed by atoms with Crippen LogP contribution in [0.25, 0.3) is 99.7 Å². The zero-order chi connectivity index (χ0) is 41.9. The van der Waals surface area contributed by atoms with Gasteiger partial charge in [0.05, 0.1) is 0 Å². The van der Waals surface area contributed by atoms with E-state index in [-0.39, 0.29) is 16.2 Å². The normalized spacial score (nSPS) is 15.6.